The first-order valence-electron chi connectivity index (χ1n) is 7.96. The van der Waals surface area contributed by atoms with Crippen LogP contribution in [0.2, 0.25) is 0 Å². The highest BCUT2D eigenvalue weighted by atomic mass is 16.2. The second-order valence-corrected chi connectivity index (χ2v) is 6.17. The number of hydrogen-bond donors (Lipinski definition) is 0. The van der Waals surface area contributed by atoms with Crippen molar-refractivity contribution in [3.8, 4) is 0 Å². The predicted octanol–water partition coefficient (Wildman–Crippen LogP) is 2.85. The van der Waals surface area contributed by atoms with Gasteiger partial charge in [-0.05, 0) is 44.6 Å². The fraction of sp³-hybridized carbons (Fsp3) is 0.588. The van der Waals surface area contributed by atoms with Crippen LogP contribution in [0.1, 0.15) is 49.3 Å². The number of carbonyl (C=O) groups excluding carboxylic acids is 1. The van der Waals surface area contributed by atoms with Gasteiger partial charge in [0.1, 0.15) is 6.33 Å². The van der Waals surface area contributed by atoms with Crippen molar-refractivity contribution in [3.05, 3.63) is 35.9 Å². The van der Waals surface area contributed by atoms with E-state index in [4.69, 9.17) is 0 Å². The lowest BCUT2D eigenvalue weighted by atomic mass is 9.88. The van der Waals surface area contributed by atoms with Gasteiger partial charge in [-0.2, -0.15) is 0 Å². The van der Waals surface area contributed by atoms with Crippen LogP contribution in [-0.4, -0.2) is 33.9 Å². The third-order valence-electron chi connectivity index (χ3n) is 4.75. The molecule has 1 saturated heterocycles. The molecule has 4 nitrogen and oxygen atoms in total. The standard InChI is InChI=1S/C17H23N3O/c1-13-11-18-12-19-16(13)14-7-9-20(10-8-14)17(21)15-5-3-2-4-6-15/h2-3,11-12,14-15H,4-10H2,1H3/t15-/m0/s1. The molecule has 2 aliphatic rings. The van der Waals surface area contributed by atoms with Crippen LogP contribution in [0.15, 0.2) is 24.7 Å². The van der Waals surface area contributed by atoms with Crippen molar-refractivity contribution in [3.63, 3.8) is 0 Å². The molecule has 0 radical (unpaired) electrons. The van der Waals surface area contributed by atoms with Crippen molar-refractivity contribution in [2.45, 2.75) is 44.9 Å². The Labute approximate surface area is 126 Å². The molecule has 1 aromatic rings. The summed E-state index contributed by atoms with van der Waals surface area (Å²) in [6.45, 7) is 3.81. The van der Waals surface area contributed by atoms with E-state index in [1.54, 1.807) is 6.33 Å². The number of aromatic nitrogens is 2. The molecule has 1 aliphatic carbocycles. The maximum absolute atomic E-state index is 12.5. The average molecular weight is 285 g/mol. The van der Waals surface area contributed by atoms with Crippen LogP contribution < -0.4 is 0 Å². The lowest BCUT2D eigenvalue weighted by Crippen LogP contribution is -2.41. The maximum atomic E-state index is 12.5. The summed E-state index contributed by atoms with van der Waals surface area (Å²) in [6.07, 6.45) is 12.9. The average Bonchev–Trinajstić information content (AvgIpc) is 2.56. The Balaban J connectivity index is 1.59. The smallest absolute Gasteiger partial charge is 0.226 e. The Hall–Kier alpha value is -1.71. The van der Waals surface area contributed by atoms with E-state index in [-0.39, 0.29) is 5.92 Å². The van der Waals surface area contributed by atoms with Gasteiger partial charge in [-0.1, -0.05) is 12.2 Å². The lowest BCUT2D eigenvalue weighted by Gasteiger charge is -2.34. The molecule has 0 saturated carbocycles. The van der Waals surface area contributed by atoms with Crippen molar-refractivity contribution in [2.24, 2.45) is 5.92 Å². The SMILES string of the molecule is Cc1cncnc1C1CCN(C(=O)[C@H]2CC=CCC2)CC1. The molecular weight excluding hydrogens is 262 g/mol. The number of aryl methyl sites for hydroxylation is 1. The Morgan fingerprint density at radius 3 is 2.71 bits per heavy atom. The summed E-state index contributed by atoms with van der Waals surface area (Å²) in [6, 6.07) is 0. The fourth-order valence-electron chi connectivity index (χ4n) is 3.49. The molecule has 0 spiro atoms. The van der Waals surface area contributed by atoms with E-state index in [0.29, 0.717) is 11.8 Å². The molecule has 1 aliphatic heterocycles. The number of hydrogen-bond acceptors (Lipinski definition) is 3. The van der Waals surface area contributed by atoms with E-state index in [0.717, 1.165) is 50.9 Å². The predicted molar refractivity (Wildman–Crippen MR) is 81.8 cm³/mol. The molecule has 1 aromatic heterocycles. The number of likely N-dealkylation sites (tertiary alicyclic amines) is 1. The van der Waals surface area contributed by atoms with Crippen molar-refractivity contribution in [2.75, 3.05) is 13.1 Å². The van der Waals surface area contributed by atoms with E-state index in [1.165, 1.54) is 5.56 Å². The van der Waals surface area contributed by atoms with Gasteiger partial charge in [0, 0.05) is 36.8 Å². The summed E-state index contributed by atoms with van der Waals surface area (Å²) in [4.78, 5) is 23.1. The zero-order valence-electron chi connectivity index (χ0n) is 12.7. The minimum Gasteiger partial charge on any atom is -0.342 e. The van der Waals surface area contributed by atoms with Crippen LogP contribution in [-0.2, 0) is 4.79 Å². The molecule has 0 aromatic carbocycles. The third-order valence-corrected chi connectivity index (χ3v) is 4.75. The second kappa shape index (κ2) is 6.37. The quantitative estimate of drug-likeness (QED) is 0.785. The molecule has 0 bridgehead atoms. The summed E-state index contributed by atoms with van der Waals surface area (Å²) >= 11 is 0. The molecular formula is C17H23N3O. The van der Waals surface area contributed by atoms with Gasteiger partial charge in [0.15, 0.2) is 0 Å². The zero-order valence-corrected chi connectivity index (χ0v) is 12.7. The summed E-state index contributed by atoms with van der Waals surface area (Å²) in [5.74, 6) is 1.05. The zero-order chi connectivity index (χ0) is 14.7. The van der Waals surface area contributed by atoms with Gasteiger partial charge >= 0.3 is 0 Å². The fourth-order valence-corrected chi connectivity index (χ4v) is 3.49. The van der Waals surface area contributed by atoms with E-state index < -0.39 is 0 Å². The van der Waals surface area contributed by atoms with Crippen LogP contribution in [0.3, 0.4) is 0 Å². The first kappa shape index (κ1) is 14.2. The van der Waals surface area contributed by atoms with E-state index in [1.807, 2.05) is 6.20 Å². The van der Waals surface area contributed by atoms with Gasteiger partial charge in [0.25, 0.3) is 0 Å². The first-order chi connectivity index (χ1) is 10.3. The minimum atomic E-state index is 0.215. The molecule has 0 unspecified atom stereocenters. The largest absolute Gasteiger partial charge is 0.342 e. The number of piperidine rings is 1. The van der Waals surface area contributed by atoms with Gasteiger partial charge in [-0.15, -0.1) is 0 Å². The van der Waals surface area contributed by atoms with Crippen molar-refractivity contribution < 1.29 is 4.79 Å². The summed E-state index contributed by atoms with van der Waals surface area (Å²) in [5.41, 5.74) is 2.33. The third kappa shape index (κ3) is 3.14. The van der Waals surface area contributed by atoms with Gasteiger partial charge in [0.2, 0.25) is 5.91 Å². The molecule has 0 N–H and O–H groups in total. The molecule has 4 heteroatoms. The summed E-state index contributed by atoms with van der Waals surface area (Å²) in [7, 11) is 0. The van der Waals surface area contributed by atoms with Gasteiger partial charge in [-0.25, -0.2) is 9.97 Å². The normalized spacial score (nSPS) is 23.3. The van der Waals surface area contributed by atoms with Gasteiger partial charge in [-0.3, -0.25) is 4.79 Å². The first-order valence-corrected chi connectivity index (χ1v) is 7.96. The number of rotatable bonds is 2. The Morgan fingerprint density at radius 1 is 1.24 bits per heavy atom. The van der Waals surface area contributed by atoms with Gasteiger partial charge in [0.05, 0.1) is 0 Å². The van der Waals surface area contributed by atoms with E-state index in [2.05, 4.69) is 33.9 Å². The minimum absolute atomic E-state index is 0.215. The number of amides is 1. The number of nitrogens with zero attached hydrogens (tertiary/aromatic N) is 3. The van der Waals surface area contributed by atoms with E-state index >= 15 is 0 Å². The Kier molecular flexibility index (Phi) is 4.32. The molecule has 1 atom stereocenters. The number of allylic oxidation sites excluding steroid dienone is 2. The van der Waals surface area contributed by atoms with Crippen molar-refractivity contribution >= 4 is 5.91 Å². The van der Waals surface area contributed by atoms with Crippen molar-refractivity contribution in [1.29, 1.82) is 0 Å². The molecule has 1 amide bonds. The second-order valence-electron chi connectivity index (χ2n) is 6.17. The molecule has 1 fully saturated rings. The van der Waals surface area contributed by atoms with Crippen molar-refractivity contribution in [1.82, 2.24) is 14.9 Å². The Morgan fingerprint density at radius 2 is 2.05 bits per heavy atom. The molecule has 2 heterocycles. The molecule has 21 heavy (non-hydrogen) atoms. The van der Waals surface area contributed by atoms with Crippen LogP contribution >= 0.6 is 0 Å². The van der Waals surface area contributed by atoms with Crippen LogP contribution in [0.4, 0.5) is 0 Å². The lowest BCUT2D eigenvalue weighted by molar-refractivity contribution is -0.136. The monoisotopic (exact) mass is 285 g/mol. The topological polar surface area (TPSA) is 46.1 Å². The molecule has 112 valence electrons. The highest BCUT2D eigenvalue weighted by Gasteiger charge is 2.29. The summed E-state index contributed by atoms with van der Waals surface area (Å²) < 4.78 is 0. The highest BCUT2D eigenvalue weighted by Crippen LogP contribution is 2.30. The Bertz CT molecular complexity index is 533. The van der Waals surface area contributed by atoms with Crippen LogP contribution in [0.5, 0.6) is 0 Å². The maximum Gasteiger partial charge on any atom is 0.226 e. The number of carbonyl (C=O) groups is 1. The van der Waals surface area contributed by atoms with Gasteiger partial charge < -0.3 is 4.90 Å². The van der Waals surface area contributed by atoms with E-state index in [9.17, 15) is 4.79 Å². The highest BCUT2D eigenvalue weighted by molar-refractivity contribution is 5.79. The summed E-state index contributed by atoms with van der Waals surface area (Å²) in [5, 5.41) is 0. The molecule has 3 rings (SSSR count). The van der Waals surface area contributed by atoms with Crippen LogP contribution in [0, 0.1) is 12.8 Å². The van der Waals surface area contributed by atoms with Crippen LogP contribution in [0.25, 0.3) is 0 Å².